The number of rotatable bonds is 10. The Hall–Kier alpha value is -1.83. The van der Waals surface area contributed by atoms with Crippen molar-refractivity contribution < 1.29 is 0 Å². The van der Waals surface area contributed by atoms with Crippen molar-refractivity contribution in [1.82, 2.24) is 4.98 Å². The Kier molecular flexibility index (Phi) is 7.81. The molecule has 0 bridgehead atoms. The average Bonchev–Trinajstić information content (AvgIpc) is 2.59. The van der Waals surface area contributed by atoms with Gasteiger partial charge < -0.3 is 4.98 Å². The predicted molar refractivity (Wildman–Crippen MR) is 106 cm³/mol. The normalized spacial score (nSPS) is 11.6. The average molecular weight is 325 g/mol. The molecule has 2 heteroatoms. The van der Waals surface area contributed by atoms with Crippen LogP contribution in [0.1, 0.15) is 76.0 Å². The number of hydrogen-bond acceptors (Lipinski definition) is 1. The van der Waals surface area contributed by atoms with Gasteiger partial charge in [-0.1, -0.05) is 76.2 Å². The van der Waals surface area contributed by atoms with Crippen LogP contribution in [0.15, 0.2) is 35.1 Å². The molecule has 0 radical (unpaired) electrons. The van der Waals surface area contributed by atoms with Crippen LogP contribution in [0.4, 0.5) is 0 Å². The summed E-state index contributed by atoms with van der Waals surface area (Å²) in [7, 11) is 0. The van der Waals surface area contributed by atoms with E-state index in [0.29, 0.717) is 0 Å². The molecule has 2 aromatic rings. The summed E-state index contributed by atoms with van der Waals surface area (Å²) in [5, 5.41) is 0.773. The van der Waals surface area contributed by atoms with Gasteiger partial charge in [-0.15, -0.1) is 0 Å². The lowest BCUT2D eigenvalue weighted by atomic mass is 10.1. The first-order valence-electron chi connectivity index (χ1n) is 9.52. The number of aromatic nitrogens is 1. The molecule has 1 aromatic heterocycles. The van der Waals surface area contributed by atoms with Crippen LogP contribution < -0.4 is 5.43 Å². The van der Waals surface area contributed by atoms with Crippen molar-refractivity contribution in [3.8, 4) is 0 Å². The number of fused-ring (bicyclic) bond motifs is 1. The summed E-state index contributed by atoms with van der Waals surface area (Å²) in [5.74, 6) is 0. The highest BCUT2D eigenvalue weighted by molar-refractivity contribution is 5.81. The number of aromatic amines is 1. The van der Waals surface area contributed by atoms with Gasteiger partial charge >= 0.3 is 0 Å². The molecule has 2 nitrogen and oxygen atoms in total. The van der Waals surface area contributed by atoms with E-state index >= 15 is 0 Å². The second-order valence-electron chi connectivity index (χ2n) is 6.70. The van der Waals surface area contributed by atoms with Gasteiger partial charge in [0.25, 0.3) is 0 Å². The van der Waals surface area contributed by atoms with Crippen LogP contribution in [-0.2, 0) is 0 Å². The topological polar surface area (TPSA) is 32.9 Å². The number of para-hydroxylation sites is 1. The second kappa shape index (κ2) is 10.1. The first-order valence-corrected chi connectivity index (χ1v) is 9.52. The van der Waals surface area contributed by atoms with Gasteiger partial charge in [0.05, 0.1) is 0 Å². The van der Waals surface area contributed by atoms with Crippen LogP contribution >= 0.6 is 0 Å². The third kappa shape index (κ3) is 5.36. The molecule has 0 fully saturated rings. The highest BCUT2D eigenvalue weighted by Crippen LogP contribution is 2.13. The third-order valence-electron chi connectivity index (χ3n) is 4.65. The van der Waals surface area contributed by atoms with E-state index in [-0.39, 0.29) is 5.43 Å². The van der Waals surface area contributed by atoms with E-state index in [1.54, 1.807) is 0 Å². The van der Waals surface area contributed by atoms with Crippen molar-refractivity contribution in [2.24, 2.45) is 0 Å². The highest BCUT2D eigenvalue weighted by Gasteiger charge is 2.05. The molecule has 0 aliphatic heterocycles. The van der Waals surface area contributed by atoms with Crippen LogP contribution in [0, 0.1) is 6.92 Å². The van der Waals surface area contributed by atoms with Gasteiger partial charge in [0.15, 0.2) is 5.43 Å². The van der Waals surface area contributed by atoms with E-state index in [4.69, 9.17) is 0 Å². The zero-order valence-electron chi connectivity index (χ0n) is 15.2. The molecular weight excluding hydrogens is 294 g/mol. The van der Waals surface area contributed by atoms with Gasteiger partial charge in [0.1, 0.15) is 0 Å². The smallest absolute Gasteiger partial charge is 0.196 e. The molecule has 130 valence electrons. The van der Waals surface area contributed by atoms with E-state index < -0.39 is 0 Å². The van der Waals surface area contributed by atoms with Crippen molar-refractivity contribution in [2.45, 2.75) is 71.6 Å². The summed E-state index contributed by atoms with van der Waals surface area (Å²) in [6.07, 6.45) is 15.9. The third-order valence-corrected chi connectivity index (χ3v) is 4.65. The Morgan fingerprint density at radius 2 is 1.62 bits per heavy atom. The zero-order valence-corrected chi connectivity index (χ0v) is 15.2. The molecule has 1 heterocycles. The lowest BCUT2D eigenvalue weighted by Gasteiger charge is -2.04. The Bertz CT molecular complexity index is 711. The van der Waals surface area contributed by atoms with Crippen LogP contribution in [0.2, 0.25) is 0 Å². The molecule has 0 saturated carbocycles. The molecule has 0 aliphatic carbocycles. The number of pyridine rings is 1. The molecular formula is C22H31NO. The van der Waals surface area contributed by atoms with E-state index in [0.717, 1.165) is 28.6 Å². The summed E-state index contributed by atoms with van der Waals surface area (Å²) < 4.78 is 0. The number of aryl methyl sites for hydroxylation is 1. The SMILES string of the molecule is CCCCCCCCCC/C=C/c1c(C)[nH]c2ccccc2c1=O. The molecule has 0 aliphatic rings. The maximum Gasteiger partial charge on any atom is 0.196 e. The molecule has 1 aromatic carbocycles. The van der Waals surface area contributed by atoms with Crippen LogP contribution in [-0.4, -0.2) is 4.98 Å². The monoisotopic (exact) mass is 325 g/mol. The number of nitrogens with one attached hydrogen (secondary N) is 1. The second-order valence-corrected chi connectivity index (χ2v) is 6.70. The standard InChI is InChI=1S/C22H31NO/c1-3-4-5-6-7-8-9-10-11-12-15-19-18(2)23-21-17-14-13-16-20(21)22(19)24/h12-17H,3-11H2,1-2H3,(H,23,24)/b15-12+. The lowest BCUT2D eigenvalue weighted by molar-refractivity contribution is 0.578. The molecule has 0 saturated heterocycles. The Labute approximate surface area is 146 Å². The number of benzene rings is 1. The maximum atomic E-state index is 12.6. The van der Waals surface area contributed by atoms with E-state index in [1.165, 1.54) is 51.4 Å². The van der Waals surface area contributed by atoms with Gasteiger partial charge in [-0.25, -0.2) is 0 Å². The number of hydrogen-bond donors (Lipinski definition) is 1. The van der Waals surface area contributed by atoms with Crippen molar-refractivity contribution in [3.05, 3.63) is 51.8 Å². The van der Waals surface area contributed by atoms with E-state index in [9.17, 15) is 4.79 Å². The summed E-state index contributed by atoms with van der Waals surface area (Å²) >= 11 is 0. The minimum Gasteiger partial charge on any atom is -0.358 e. The van der Waals surface area contributed by atoms with Gasteiger partial charge in [-0.05, 0) is 31.9 Å². The maximum absolute atomic E-state index is 12.6. The molecule has 24 heavy (non-hydrogen) atoms. The molecule has 0 unspecified atom stereocenters. The molecule has 2 rings (SSSR count). The van der Waals surface area contributed by atoms with Crippen LogP contribution in [0.25, 0.3) is 17.0 Å². The van der Waals surface area contributed by atoms with Crippen molar-refractivity contribution in [3.63, 3.8) is 0 Å². The first kappa shape index (κ1) is 18.5. The van der Waals surface area contributed by atoms with Gasteiger partial charge in [-0.3, -0.25) is 4.79 Å². The Balaban J connectivity index is 1.80. The number of unbranched alkanes of at least 4 members (excludes halogenated alkanes) is 8. The predicted octanol–water partition coefficient (Wildman–Crippen LogP) is 6.38. The van der Waals surface area contributed by atoms with Crippen molar-refractivity contribution >= 4 is 17.0 Å². The summed E-state index contributed by atoms with van der Waals surface area (Å²) in [4.78, 5) is 15.9. The molecule has 1 N–H and O–H groups in total. The molecule has 0 spiro atoms. The largest absolute Gasteiger partial charge is 0.358 e. The van der Waals surface area contributed by atoms with Gasteiger partial charge in [0.2, 0.25) is 0 Å². The fourth-order valence-electron chi connectivity index (χ4n) is 3.17. The summed E-state index contributed by atoms with van der Waals surface area (Å²) in [6.45, 7) is 4.23. The number of allylic oxidation sites excluding steroid dienone is 1. The van der Waals surface area contributed by atoms with Crippen LogP contribution in [0.5, 0.6) is 0 Å². The van der Waals surface area contributed by atoms with Crippen molar-refractivity contribution in [1.29, 1.82) is 0 Å². The van der Waals surface area contributed by atoms with Gasteiger partial charge in [0, 0.05) is 22.2 Å². The molecule has 0 amide bonds. The highest BCUT2D eigenvalue weighted by atomic mass is 16.1. The Morgan fingerprint density at radius 3 is 2.38 bits per heavy atom. The lowest BCUT2D eigenvalue weighted by Crippen LogP contribution is -2.09. The summed E-state index contributed by atoms with van der Waals surface area (Å²) in [5.41, 5.74) is 2.80. The molecule has 0 atom stereocenters. The van der Waals surface area contributed by atoms with Crippen LogP contribution in [0.3, 0.4) is 0 Å². The van der Waals surface area contributed by atoms with E-state index in [2.05, 4.69) is 18.0 Å². The minimum atomic E-state index is 0.133. The fourth-order valence-corrected chi connectivity index (χ4v) is 3.17. The fraction of sp³-hybridized carbons (Fsp3) is 0.500. The van der Waals surface area contributed by atoms with E-state index in [1.807, 2.05) is 37.3 Å². The minimum absolute atomic E-state index is 0.133. The Morgan fingerprint density at radius 1 is 0.958 bits per heavy atom. The summed E-state index contributed by atoms with van der Waals surface area (Å²) in [6, 6.07) is 7.72. The zero-order chi connectivity index (χ0) is 17.2. The first-order chi connectivity index (χ1) is 11.7. The number of H-pyrrole nitrogens is 1. The quantitative estimate of drug-likeness (QED) is 0.505. The van der Waals surface area contributed by atoms with Crippen molar-refractivity contribution in [2.75, 3.05) is 0 Å². The van der Waals surface area contributed by atoms with Gasteiger partial charge in [-0.2, -0.15) is 0 Å².